The number of hydrogen-bond acceptors (Lipinski definition) is 5. The Bertz CT molecular complexity index is 1200. The average molecular weight is 387 g/mol. The van der Waals surface area contributed by atoms with Gasteiger partial charge in [0.05, 0.1) is 36.8 Å². The highest BCUT2D eigenvalue weighted by molar-refractivity contribution is 5.86. The summed E-state index contributed by atoms with van der Waals surface area (Å²) in [5.41, 5.74) is 3.13. The standard InChI is InChI=1S/C23H21N3O3/c1-28-20-12-18-19(13-21(20)29-2)25-22-17(5-3-4-10-26(22)23(18)27)11-15-6-8-16(14-24)9-7-15/h6-9,11-13H,3-5,10H2,1-2H3. The van der Waals surface area contributed by atoms with E-state index in [2.05, 4.69) is 12.1 Å². The molecule has 0 bridgehead atoms. The van der Waals surface area contributed by atoms with Crippen molar-refractivity contribution >= 4 is 22.6 Å². The van der Waals surface area contributed by atoms with Crippen LogP contribution in [0.15, 0.2) is 41.2 Å². The minimum Gasteiger partial charge on any atom is -0.493 e. The lowest BCUT2D eigenvalue weighted by Crippen LogP contribution is -2.24. The van der Waals surface area contributed by atoms with Crippen molar-refractivity contribution in [3.63, 3.8) is 0 Å². The van der Waals surface area contributed by atoms with Crippen LogP contribution in [0, 0.1) is 11.3 Å². The maximum atomic E-state index is 13.2. The van der Waals surface area contributed by atoms with E-state index >= 15 is 0 Å². The Balaban J connectivity index is 1.91. The summed E-state index contributed by atoms with van der Waals surface area (Å²) in [6.45, 7) is 0.635. The number of benzene rings is 2. The Morgan fingerprint density at radius 1 is 1.10 bits per heavy atom. The second-order valence-corrected chi connectivity index (χ2v) is 6.98. The molecule has 0 saturated carbocycles. The molecule has 0 amide bonds. The summed E-state index contributed by atoms with van der Waals surface area (Å²) in [5, 5.41) is 9.52. The van der Waals surface area contributed by atoms with Gasteiger partial charge in [-0.1, -0.05) is 12.1 Å². The molecular formula is C23H21N3O3. The van der Waals surface area contributed by atoms with E-state index in [1.165, 1.54) is 0 Å². The first-order valence-electron chi connectivity index (χ1n) is 9.52. The van der Waals surface area contributed by atoms with Gasteiger partial charge in [-0.3, -0.25) is 9.36 Å². The SMILES string of the molecule is COc1cc2nc3n(c(=O)c2cc1OC)CCCCC3=Cc1ccc(C#N)cc1. The lowest BCUT2D eigenvalue weighted by Gasteiger charge is -2.14. The van der Waals surface area contributed by atoms with Crippen LogP contribution in [0.4, 0.5) is 0 Å². The van der Waals surface area contributed by atoms with Gasteiger partial charge in [0.1, 0.15) is 5.82 Å². The highest BCUT2D eigenvalue weighted by atomic mass is 16.5. The van der Waals surface area contributed by atoms with E-state index in [9.17, 15) is 4.79 Å². The number of allylic oxidation sites excluding steroid dienone is 1. The van der Waals surface area contributed by atoms with Crippen LogP contribution in [-0.2, 0) is 6.54 Å². The molecule has 0 fully saturated rings. The molecule has 0 N–H and O–H groups in total. The third-order valence-corrected chi connectivity index (χ3v) is 5.21. The minimum absolute atomic E-state index is 0.0708. The van der Waals surface area contributed by atoms with Crippen LogP contribution in [-0.4, -0.2) is 23.8 Å². The molecule has 6 nitrogen and oxygen atoms in total. The Morgan fingerprint density at radius 2 is 1.83 bits per heavy atom. The van der Waals surface area contributed by atoms with Crippen LogP contribution in [0.2, 0.25) is 0 Å². The maximum Gasteiger partial charge on any atom is 0.261 e. The average Bonchev–Trinajstić information content (AvgIpc) is 2.96. The zero-order valence-electron chi connectivity index (χ0n) is 16.4. The summed E-state index contributed by atoms with van der Waals surface area (Å²) >= 11 is 0. The molecule has 29 heavy (non-hydrogen) atoms. The van der Waals surface area contributed by atoms with E-state index in [-0.39, 0.29) is 5.56 Å². The van der Waals surface area contributed by atoms with Crippen molar-refractivity contribution in [3.8, 4) is 17.6 Å². The van der Waals surface area contributed by atoms with Crippen molar-refractivity contribution in [2.75, 3.05) is 14.2 Å². The maximum absolute atomic E-state index is 13.2. The lowest BCUT2D eigenvalue weighted by atomic mass is 10.0. The number of nitrogens with zero attached hydrogens (tertiary/aromatic N) is 3. The predicted octanol–water partition coefficient (Wildman–Crippen LogP) is 4.01. The fourth-order valence-corrected chi connectivity index (χ4v) is 3.69. The number of hydrogen-bond donors (Lipinski definition) is 0. The second-order valence-electron chi connectivity index (χ2n) is 6.98. The summed E-state index contributed by atoms with van der Waals surface area (Å²) in [4.78, 5) is 18.1. The van der Waals surface area contributed by atoms with E-state index < -0.39 is 0 Å². The summed E-state index contributed by atoms with van der Waals surface area (Å²) in [7, 11) is 3.12. The van der Waals surface area contributed by atoms with Crippen LogP contribution in [0.25, 0.3) is 22.6 Å². The van der Waals surface area contributed by atoms with E-state index in [4.69, 9.17) is 19.7 Å². The molecule has 0 aliphatic carbocycles. The zero-order valence-corrected chi connectivity index (χ0v) is 16.4. The highest BCUT2D eigenvalue weighted by Crippen LogP contribution is 2.32. The molecule has 1 aliphatic heterocycles. The minimum atomic E-state index is -0.0708. The first-order valence-corrected chi connectivity index (χ1v) is 9.52. The van der Waals surface area contributed by atoms with Crippen molar-refractivity contribution in [2.24, 2.45) is 0 Å². The van der Waals surface area contributed by atoms with Gasteiger partial charge in [-0.25, -0.2) is 4.98 Å². The first kappa shape index (κ1) is 18.8. The number of fused-ring (bicyclic) bond motifs is 2. The molecule has 1 aliphatic rings. The molecule has 1 aromatic heterocycles. The van der Waals surface area contributed by atoms with Crippen molar-refractivity contribution in [3.05, 3.63) is 63.7 Å². The fourth-order valence-electron chi connectivity index (χ4n) is 3.69. The van der Waals surface area contributed by atoms with Gasteiger partial charge in [-0.2, -0.15) is 5.26 Å². The summed E-state index contributed by atoms with van der Waals surface area (Å²) in [6, 6.07) is 13.0. The van der Waals surface area contributed by atoms with Crippen LogP contribution in [0.5, 0.6) is 11.5 Å². The third-order valence-electron chi connectivity index (χ3n) is 5.21. The highest BCUT2D eigenvalue weighted by Gasteiger charge is 2.19. The number of ether oxygens (including phenoxy) is 2. The van der Waals surface area contributed by atoms with Crippen LogP contribution < -0.4 is 15.0 Å². The van der Waals surface area contributed by atoms with Gasteiger partial charge in [-0.05, 0) is 54.7 Å². The van der Waals surface area contributed by atoms with Crippen LogP contribution in [0.3, 0.4) is 0 Å². The molecule has 4 rings (SSSR count). The lowest BCUT2D eigenvalue weighted by molar-refractivity contribution is 0.355. The van der Waals surface area contributed by atoms with Gasteiger partial charge >= 0.3 is 0 Å². The van der Waals surface area contributed by atoms with Crippen molar-refractivity contribution in [2.45, 2.75) is 25.8 Å². The van der Waals surface area contributed by atoms with E-state index in [1.807, 2.05) is 12.1 Å². The van der Waals surface area contributed by atoms with Crippen molar-refractivity contribution < 1.29 is 9.47 Å². The summed E-state index contributed by atoms with van der Waals surface area (Å²) in [6.07, 6.45) is 4.79. The van der Waals surface area contributed by atoms with Crippen molar-refractivity contribution in [1.82, 2.24) is 9.55 Å². The predicted molar refractivity (Wildman–Crippen MR) is 112 cm³/mol. The Hall–Kier alpha value is -3.59. The monoisotopic (exact) mass is 387 g/mol. The first-order chi connectivity index (χ1) is 14.1. The quantitative estimate of drug-likeness (QED) is 0.679. The number of rotatable bonds is 3. The third kappa shape index (κ3) is 3.47. The van der Waals surface area contributed by atoms with Gasteiger partial charge in [0.25, 0.3) is 5.56 Å². The molecule has 0 radical (unpaired) electrons. The Labute approximate surface area is 168 Å². The second kappa shape index (κ2) is 7.80. The van der Waals surface area contributed by atoms with Gasteiger partial charge in [0, 0.05) is 12.6 Å². The smallest absolute Gasteiger partial charge is 0.261 e. The van der Waals surface area contributed by atoms with Gasteiger partial charge in [0.2, 0.25) is 0 Å². The van der Waals surface area contributed by atoms with E-state index in [1.54, 1.807) is 43.1 Å². The molecule has 6 heteroatoms. The molecular weight excluding hydrogens is 366 g/mol. The fraction of sp³-hybridized carbons (Fsp3) is 0.261. The molecule has 146 valence electrons. The largest absolute Gasteiger partial charge is 0.493 e. The van der Waals surface area contributed by atoms with Crippen LogP contribution >= 0.6 is 0 Å². The van der Waals surface area contributed by atoms with Crippen LogP contribution in [0.1, 0.15) is 36.2 Å². The molecule has 3 aromatic rings. The van der Waals surface area contributed by atoms with E-state index in [0.29, 0.717) is 40.3 Å². The van der Waals surface area contributed by atoms with E-state index in [0.717, 1.165) is 30.4 Å². The normalized spacial score (nSPS) is 14.9. The molecule has 0 atom stereocenters. The Kier molecular flexibility index (Phi) is 5.05. The molecule has 0 unspecified atom stereocenters. The molecule has 2 heterocycles. The topological polar surface area (TPSA) is 77.1 Å². The molecule has 2 aromatic carbocycles. The number of aromatic nitrogens is 2. The zero-order chi connectivity index (χ0) is 20.4. The van der Waals surface area contributed by atoms with Gasteiger partial charge in [0.15, 0.2) is 11.5 Å². The van der Waals surface area contributed by atoms with Gasteiger partial charge < -0.3 is 9.47 Å². The molecule has 0 spiro atoms. The number of nitriles is 1. The summed E-state index contributed by atoms with van der Waals surface area (Å²) < 4.78 is 12.5. The summed E-state index contributed by atoms with van der Waals surface area (Å²) in [5.74, 6) is 1.75. The van der Waals surface area contributed by atoms with Gasteiger partial charge in [-0.15, -0.1) is 0 Å². The van der Waals surface area contributed by atoms with Crippen molar-refractivity contribution in [1.29, 1.82) is 5.26 Å². The Morgan fingerprint density at radius 3 is 2.52 bits per heavy atom. The number of methoxy groups -OCH3 is 2. The molecule has 0 saturated heterocycles.